The molecule has 0 spiro atoms. The molecule has 1 aromatic rings. The van der Waals surface area contributed by atoms with Crippen molar-refractivity contribution in [3.05, 3.63) is 36.4 Å². The summed E-state index contributed by atoms with van der Waals surface area (Å²) in [5, 5.41) is 8.75. The topological polar surface area (TPSA) is 55.1 Å². The van der Waals surface area contributed by atoms with E-state index in [-0.39, 0.29) is 0 Å². The van der Waals surface area contributed by atoms with Crippen molar-refractivity contribution < 1.29 is 9.31 Å². The standard InChI is InChI=1S/C11H11BN2O2/c1-8-11(2,3)16-12(15-8)9-4-5-14-10(6-9)7-13/h4-6H,1H2,2-3H3. The van der Waals surface area contributed by atoms with E-state index in [0.717, 1.165) is 5.46 Å². The quantitative estimate of drug-likeness (QED) is 0.654. The van der Waals surface area contributed by atoms with Crippen LogP contribution in [0.2, 0.25) is 0 Å². The first-order valence-electron chi connectivity index (χ1n) is 4.93. The maximum atomic E-state index is 8.75. The van der Waals surface area contributed by atoms with Gasteiger partial charge in [0.2, 0.25) is 0 Å². The Morgan fingerprint density at radius 1 is 1.56 bits per heavy atom. The molecule has 1 aromatic heterocycles. The lowest BCUT2D eigenvalue weighted by Crippen LogP contribution is -2.34. The Morgan fingerprint density at radius 2 is 2.31 bits per heavy atom. The predicted molar refractivity (Wildman–Crippen MR) is 59.7 cm³/mol. The largest absolute Gasteiger partial charge is 0.563 e. The molecule has 0 atom stereocenters. The monoisotopic (exact) mass is 214 g/mol. The Kier molecular flexibility index (Phi) is 2.45. The van der Waals surface area contributed by atoms with Crippen molar-refractivity contribution in [2.45, 2.75) is 19.4 Å². The third kappa shape index (κ3) is 1.80. The Morgan fingerprint density at radius 3 is 2.88 bits per heavy atom. The van der Waals surface area contributed by atoms with Crippen LogP contribution in [0, 0.1) is 11.3 Å². The molecule has 16 heavy (non-hydrogen) atoms. The normalized spacial score (nSPS) is 18.1. The molecular formula is C11H11BN2O2. The molecule has 0 amide bonds. The minimum absolute atomic E-state index is 0.347. The van der Waals surface area contributed by atoms with Crippen molar-refractivity contribution in [2.24, 2.45) is 0 Å². The second-order valence-corrected chi connectivity index (χ2v) is 4.09. The molecule has 2 heterocycles. The molecule has 2 rings (SSSR count). The summed E-state index contributed by atoms with van der Waals surface area (Å²) >= 11 is 0. The fourth-order valence-electron chi connectivity index (χ4n) is 1.42. The Labute approximate surface area is 94.7 Å². The first-order chi connectivity index (χ1) is 7.53. The lowest BCUT2D eigenvalue weighted by Gasteiger charge is -2.15. The molecule has 0 radical (unpaired) electrons. The summed E-state index contributed by atoms with van der Waals surface area (Å²) in [5.41, 5.74) is 0.624. The second kappa shape index (κ2) is 3.65. The Hall–Kier alpha value is -1.80. The van der Waals surface area contributed by atoms with E-state index in [4.69, 9.17) is 14.6 Å². The predicted octanol–water partition coefficient (Wildman–Crippen LogP) is 0.988. The van der Waals surface area contributed by atoms with Gasteiger partial charge < -0.3 is 9.31 Å². The Bertz CT molecular complexity index is 479. The lowest BCUT2D eigenvalue weighted by molar-refractivity contribution is 0.173. The molecule has 1 fully saturated rings. The second-order valence-electron chi connectivity index (χ2n) is 4.09. The summed E-state index contributed by atoms with van der Waals surface area (Å²) in [6, 6.07) is 5.39. The molecule has 0 aliphatic carbocycles. The smallest absolute Gasteiger partial charge is 0.534 e. The summed E-state index contributed by atoms with van der Waals surface area (Å²) < 4.78 is 11.2. The molecule has 0 unspecified atom stereocenters. The molecule has 1 aliphatic rings. The van der Waals surface area contributed by atoms with Crippen molar-refractivity contribution in [1.29, 1.82) is 5.26 Å². The van der Waals surface area contributed by atoms with Gasteiger partial charge in [0, 0.05) is 11.7 Å². The molecule has 4 nitrogen and oxygen atoms in total. The van der Waals surface area contributed by atoms with Crippen LogP contribution in [0.3, 0.4) is 0 Å². The summed E-state index contributed by atoms with van der Waals surface area (Å²) in [4.78, 5) is 3.89. The first kappa shape index (κ1) is 10.7. The van der Waals surface area contributed by atoms with Gasteiger partial charge in [0.1, 0.15) is 17.4 Å². The third-order valence-electron chi connectivity index (χ3n) is 2.49. The summed E-state index contributed by atoms with van der Waals surface area (Å²) in [6.07, 6.45) is 1.56. The number of rotatable bonds is 1. The van der Waals surface area contributed by atoms with Crippen molar-refractivity contribution in [2.75, 3.05) is 0 Å². The van der Waals surface area contributed by atoms with Gasteiger partial charge in [-0.1, -0.05) is 6.58 Å². The Balaban J connectivity index is 2.27. The average molecular weight is 214 g/mol. The van der Waals surface area contributed by atoms with E-state index < -0.39 is 12.7 Å². The number of aromatic nitrogens is 1. The van der Waals surface area contributed by atoms with E-state index >= 15 is 0 Å². The summed E-state index contributed by atoms with van der Waals surface area (Å²) in [6.45, 7) is 7.58. The van der Waals surface area contributed by atoms with Crippen LogP contribution in [0.1, 0.15) is 19.5 Å². The summed E-state index contributed by atoms with van der Waals surface area (Å²) in [5.74, 6) is 0.591. The van der Waals surface area contributed by atoms with E-state index in [0.29, 0.717) is 11.5 Å². The highest BCUT2D eigenvalue weighted by molar-refractivity contribution is 6.62. The van der Waals surface area contributed by atoms with Crippen LogP contribution in [0.4, 0.5) is 0 Å². The maximum absolute atomic E-state index is 8.75. The average Bonchev–Trinajstić information content (AvgIpc) is 2.54. The van der Waals surface area contributed by atoms with Crippen LogP contribution in [-0.2, 0) is 9.31 Å². The van der Waals surface area contributed by atoms with Gasteiger partial charge >= 0.3 is 7.12 Å². The van der Waals surface area contributed by atoms with Gasteiger partial charge in [-0.2, -0.15) is 5.26 Å². The van der Waals surface area contributed by atoms with Gasteiger partial charge in [-0.15, -0.1) is 0 Å². The molecule has 5 heteroatoms. The molecule has 0 aromatic carbocycles. The fraction of sp³-hybridized carbons (Fsp3) is 0.273. The number of hydrogen-bond acceptors (Lipinski definition) is 4. The third-order valence-corrected chi connectivity index (χ3v) is 2.49. The van der Waals surface area contributed by atoms with Gasteiger partial charge in [-0.05, 0) is 26.0 Å². The van der Waals surface area contributed by atoms with Gasteiger partial charge in [0.25, 0.3) is 0 Å². The minimum atomic E-state index is -0.502. The van der Waals surface area contributed by atoms with Crippen molar-refractivity contribution in [3.8, 4) is 6.07 Å². The number of hydrogen-bond donors (Lipinski definition) is 0. The lowest BCUT2D eigenvalue weighted by atomic mass is 9.79. The van der Waals surface area contributed by atoms with Crippen LogP contribution >= 0.6 is 0 Å². The van der Waals surface area contributed by atoms with Crippen molar-refractivity contribution in [1.82, 2.24) is 4.98 Å². The van der Waals surface area contributed by atoms with Crippen LogP contribution in [-0.4, -0.2) is 17.7 Å². The highest BCUT2D eigenvalue weighted by Gasteiger charge is 2.42. The van der Waals surface area contributed by atoms with Gasteiger partial charge in [-0.3, -0.25) is 0 Å². The molecule has 0 saturated carbocycles. The molecule has 0 bridgehead atoms. The molecule has 0 N–H and O–H groups in total. The number of pyridine rings is 1. The molecule has 1 aliphatic heterocycles. The van der Waals surface area contributed by atoms with Gasteiger partial charge in [0.05, 0.1) is 5.76 Å². The van der Waals surface area contributed by atoms with Gasteiger partial charge in [-0.25, -0.2) is 4.98 Å². The highest BCUT2D eigenvalue weighted by atomic mass is 16.7. The SMILES string of the molecule is C=C1OB(c2ccnc(C#N)c2)OC1(C)C. The highest BCUT2D eigenvalue weighted by Crippen LogP contribution is 2.28. The minimum Gasteiger partial charge on any atom is -0.534 e. The first-order valence-corrected chi connectivity index (χ1v) is 4.93. The van der Waals surface area contributed by atoms with Crippen molar-refractivity contribution in [3.63, 3.8) is 0 Å². The van der Waals surface area contributed by atoms with Crippen LogP contribution in [0.25, 0.3) is 0 Å². The zero-order valence-electron chi connectivity index (χ0n) is 9.23. The van der Waals surface area contributed by atoms with Crippen LogP contribution in [0.15, 0.2) is 30.7 Å². The van der Waals surface area contributed by atoms with E-state index in [1.54, 1.807) is 18.3 Å². The fourth-order valence-corrected chi connectivity index (χ4v) is 1.42. The van der Waals surface area contributed by atoms with E-state index in [1.165, 1.54) is 0 Å². The zero-order chi connectivity index (χ0) is 11.8. The molecule has 1 saturated heterocycles. The van der Waals surface area contributed by atoms with Crippen LogP contribution in [0.5, 0.6) is 0 Å². The summed E-state index contributed by atoms with van der Waals surface area (Å²) in [7, 11) is -0.502. The maximum Gasteiger partial charge on any atom is 0.563 e. The number of nitriles is 1. The zero-order valence-corrected chi connectivity index (χ0v) is 9.23. The van der Waals surface area contributed by atoms with Crippen molar-refractivity contribution >= 4 is 12.6 Å². The molecular weight excluding hydrogens is 203 g/mol. The molecule has 80 valence electrons. The van der Waals surface area contributed by atoms with E-state index in [1.807, 2.05) is 19.9 Å². The van der Waals surface area contributed by atoms with Gasteiger partial charge in [0.15, 0.2) is 0 Å². The number of nitrogens with zero attached hydrogens (tertiary/aromatic N) is 2. The van der Waals surface area contributed by atoms with Crippen LogP contribution < -0.4 is 5.46 Å². The van der Waals surface area contributed by atoms with E-state index in [9.17, 15) is 0 Å². The van der Waals surface area contributed by atoms with E-state index in [2.05, 4.69) is 11.6 Å².